The molecule has 0 aliphatic carbocycles. The molecule has 1 aromatic rings. The Morgan fingerprint density at radius 3 is 2.95 bits per heavy atom. The van der Waals surface area contributed by atoms with Gasteiger partial charge < -0.3 is 10.2 Å². The molecule has 0 spiro atoms. The smallest absolute Gasteiger partial charge is 0.169 e. The number of sulfone groups is 1. The number of aromatic nitrogens is 1. The van der Waals surface area contributed by atoms with Crippen LogP contribution in [-0.4, -0.2) is 49.6 Å². The summed E-state index contributed by atoms with van der Waals surface area (Å²) in [5.41, 5.74) is 2.97. The molecule has 1 saturated heterocycles. The number of rotatable bonds is 5. The molecule has 1 aromatic heterocycles. The molecule has 2 heterocycles. The van der Waals surface area contributed by atoms with Gasteiger partial charge in [0.15, 0.2) is 9.84 Å². The number of hydrogen-bond donors (Lipinski definition) is 1. The fraction of sp³-hybridized carbons (Fsp3) is 0.643. The second-order valence-corrected chi connectivity index (χ2v) is 8.64. The number of hydrogen-bond acceptors (Lipinski definition) is 6. The summed E-state index contributed by atoms with van der Waals surface area (Å²) in [5, 5.41) is 2.85. The quantitative estimate of drug-likeness (QED) is 0.882. The molecule has 5 nitrogen and oxygen atoms in total. The summed E-state index contributed by atoms with van der Waals surface area (Å²) in [7, 11) is -3.11. The van der Waals surface area contributed by atoms with Gasteiger partial charge in [-0.3, -0.25) is 4.98 Å². The predicted octanol–water partition coefficient (Wildman–Crippen LogP) is 1.42. The van der Waals surface area contributed by atoms with E-state index in [0.717, 1.165) is 35.8 Å². The zero-order valence-corrected chi connectivity index (χ0v) is 14.4. The van der Waals surface area contributed by atoms with E-state index in [0.29, 0.717) is 12.3 Å². The Hall–Kier alpha value is -0.790. The highest BCUT2D eigenvalue weighted by molar-refractivity contribution is 8.01. The van der Waals surface area contributed by atoms with E-state index in [1.54, 1.807) is 11.8 Å². The number of nitrogens with one attached hydrogen (secondary N) is 1. The average molecular weight is 329 g/mol. The van der Waals surface area contributed by atoms with Crippen molar-refractivity contribution in [3.05, 3.63) is 23.5 Å². The van der Waals surface area contributed by atoms with E-state index < -0.39 is 15.2 Å². The number of pyridine rings is 1. The van der Waals surface area contributed by atoms with Gasteiger partial charge in [0.05, 0.1) is 0 Å². The summed E-state index contributed by atoms with van der Waals surface area (Å²) in [4.78, 5) is 6.39. The lowest BCUT2D eigenvalue weighted by molar-refractivity contribution is 0.584. The lowest BCUT2D eigenvalue weighted by Gasteiger charge is -2.37. The largest absolute Gasteiger partial charge is 0.353 e. The average Bonchev–Trinajstić information content (AvgIpc) is 2.45. The molecule has 118 valence electrons. The Morgan fingerprint density at radius 1 is 1.52 bits per heavy atom. The standard InChI is InChI=1S/C14H23N3O2S2/c1-4-15-8-12-9-16-11(2)7-13(12)17-5-6-20-10-14(17)21(3,18)19/h7,9,14-15H,4-6,8,10H2,1-3H3. The maximum atomic E-state index is 12.1. The minimum atomic E-state index is -3.11. The van der Waals surface area contributed by atoms with E-state index in [2.05, 4.69) is 17.2 Å². The molecule has 1 atom stereocenters. The molecule has 1 aliphatic heterocycles. The topological polar surface area (TPSA) is 62.3 Å². The van der Waals surface area contributed by atoms with E-state index in [4.69, 9.17) is 0 Å². The zero-order valence-electron chi connectivity index (χ0n) is 12.8. The van der Waals surface area contributed by atoms with E-state index in [1.165, 1.54) is 6.26 Å². The highest BCUT2D eigenvalue weighted by atomic mass is 32.2. The minimum absolute atomic E-state index is 0.446. The van der Waals surface area contributed by atoms with Gasteiger partial charge in [-0.15, -0.1) is 0 Å². The molecule has 0 saturated carbocycles. The zero-order chi connectivity index (χ0) is 15.5. The molecule has 0 bridgehead atoms. The van der Waals surface area contributed by atoms with Crippen LogP contribution in [-0.2, 0) is 16.4 Å². The normalized spacial score (nSPS) is 19.8. The number of aryl methyl sites for hydroxylation is 1. The maximum absolute atomic E-state index is 12.1. The fourth-order valence-corrected chi connectivity index (χ4v) is 5.28. The van der Waals surface area contributed by atoms with Gasteiger partial charge in [-0.05, 0) is 19.5 Å². The highest BCUT2D eigenvalue weighted by Crippen LogP contribution is 2.29. The van der Waals surface area contributed by atoms with Gasteiger partial charge in [-0.1, -0.05) is 6.92 Å². The summed E-state index contributed by atoms with van der Waals surface area (Å²) in [6, 6.07) is 2.00. The summed E-state index contributed by atoms with van der Waals surface area (Å²) in [6.07, 6.45) is 3.18. The van der Waals surface area contributed by atoms with Crippen molar-refractivity contribution < 1.29 is 8.42 Å². The van der Waals surface area contributed by atoms with Crippen LogP contribution in [0.4, 0.5) is 5.69 Å². The molecule has 1 N–H and O–H groups in total. The molecule has 0 amide bonds. The number of thioether (sulfide) groups is 1. The van der Waals surface area contributed by atoms with Crippen molar-refractivity contribution >= 4 is 27.3 Å². The van der Waals surface area contributed by atoms with Gasteiger partial charge in [0.25, 0.3) is 0 Å². The van der Waals surface area contributed by atoms with Crippen LogP contribution in [0.2, 0.25) is 0 Å². The van der Waals surface area contributed by atoms with Gasteiger partial charge in [-0.25, -0.2) is 8.42 Å². The summed E-state index contributed by atoms with van der Waals surface area (Å²) >= 11 is 1.70. The third kappa shape index (κ3) is 4.11. The first-order chi connectivity index (χ1) is 9.93. The van der Waals surface area contributed by atoms with E-state index in [1.807, 2.05) is 24.1 Å². The van der Waals surface area contributed by atoms with Crippen molar-refractivity contribution in [3.8, 4) is 0 Å². The monoisotopic (exact) mass is 329 g/mol. The van der Waals surface area contributed by atoms with Gasteiger partial charge in [0.2, 0.25) is 0 Å². The minimum Gasteiger partial charge on any atom is -0.353 e. The molecule has 21 heavy (non-hydrogen) atoms. The summed E-state index contributed by atoms with van der Waals surface area (Å²) < 4.78 is 24.2. The highest BCUT2D eigenvalue weighted by Gasteiger charge is 2.32. The number of nitrogens with zero attached hydrogens (tertiary/aromatic N) is 2. The van der Waals surface area contributed by atoms with E-state index in [9.17, 15) is 8.42 Å². The van der Waals surface area contributed by atoms with Crippen molar-refractivity contribution in [1.82, 2.24) is 10.3 Å². The Morgan fingerprint density at radius 2 is 2.29 bits per heavy atom. The van der Waals surface area contributed by atoms with Gasteiger partial charge in [0.1, 0.15) is 5.37 Å². The predicted molar refractivity (Wildman–Crippen MR) is 89.7 cm³/mol. The first-order valence-corrected chi connectivity index (χ1v) is 10.2. The van der Waals surface area contributed by atoms with Crippen LogP contribution < -0.4 is 10.2 Å². The van der Waals surface area contributed by atoms with Gasteiger partial charge in [-0.2, -0.15) is 11.8 Å². The molecule has 1 unspecified atom stereocenters. The molecule has 7 heteroatoms. The van der Waals surface area contributed by atoms with Crippen LogP contribution in [0, 0.1) is 6.92 Å². The third-order valence-electron chi connectivity index (χ3n) is 3.55. The summed E-state index contributed by atoms with van der Waals surface area (Å²) in [6.45, 7) is 6.33. The van der Waals surface area contributed by atoms with Crippen LogP contribution >= 0.6 is 11.8 Å². The SMILES string of the molecule is CCNCc1cnc(C)cc1N1CCSCC1S(C)(=O)=O. The van der Waals surface area contributed by atoms with Gasteiger partial charge >= 0.3 is 0 Å². The Labute approximate surface area is 131 Å². The lowest BCUT2D eigenvalue weighted by Crippen LogP contribution is -2.47. The van der Waals surface area contributed by atoms with Crippen LogP contribution in [0.1, 0.15) is 18.2 Å². The lowest BCUT2D eigenvalue weighted by atomic mass is 10.1. The van der Waals surface area contributed by atoms with Crippen molar-refractivity contribution in [2.45, 2.75) is 25.8 Å². The van der Waals surface area contributed by atoms with Crippen molar-refractivity contribution in [2.24, 2.45) is 0 Å². The molecular formula is C14H23N3O2S2. The van der Waals surface area contributed by atoms with E-state index in [-0.39, 0.29) is 0 Å². The molecular weight excluding hydrogens is 306 g/mol. The molecule has 0 aromatic carbocycles. The second kappa shape index (κ2) is 6.98. The van der Waals surface area contributed by atoms with Crippen molar-refractivity contribution in [1.29, 1.82) is 0 Å². The van der Waals surface area contributed by atoms with Crippen LogP contribution in [0.25, 0.3) is 0 Å². The molecule has 1 aliphatic rings. The van der Waals surface area contributed by atoms with Crippen molar-refractivity contribution in [2.75, 3.05) is 35.8 Å². The molecule has 2 rings (SSSR count). The first kappa shape index (κ1) is 16.6. The second-order valence-electron chi connectivity index (χ2n) is 5.29. The van der Waals surface area contributed by atoms with Crippen molar-refractivity contribution in [3.63, 3.8) is 0 Å². The third-order valence-corrected chi connectivity index (χ3v) is 6.20. The van der Waals surface area contributed by atoms with Crippen LogP contribution in [0.15, 0.2) is 12.3 Å². The van der Waals surface area contributed by atoms with Gasteiger partial charge in [0, 0.05) is 54.0 Å². The molecule has 0 radical (unpaired) electrons. The number of anilines is 1. The van der Waals surface area contributed by atoms with E-state index >= 15 is 0 Å². The summed E-state index contributed by atoms with van der Waals surface area (Å²) in [5.74, 6) is 1.58. The first-order valence-electron chi connectivity index (χ1n) is 7.13. The Bertz CT molecular complexity index is 590. The Kier molecular flexibility index (Phi) is 5.51. The fourth-order valence-electron chi connectivity index (χ4n) is 2.45. The van der Waals surface area contributed by atoms with Crippen LogP contribution in [0.5, 0.6) is 0 Å². The molecule has 1 fully saturated rings. The van der Waals surface area contributed by atoms with Crippen LogP contribution in [0.3, 0.4) is 0 Å². The maximum Gasteiger partial charge on any atom is 0.169 e. The Balaban J connectivity index is 2.39.